The molecule has 0 radical (unpaired) electrons. The summed E-state index contributed by atoms with van der Waals surface area (Å²) in [5.41, 5.74) is 6.66. The molecule has 2 aromatic heterocycles. The van der Waals surface area contributed by atoms with Gasteiger partial charge in [0.25, 0.3) is 0 Å². The smallest absolute Gasteiger partial charge is 0.229 e. The molecule has 2 atom stereocenters. The van der Waals surface area contributed by atoms with Gasteiger partial charge in [0.05, 0.1) is 36.8 Å². The van der Waals surface area contributed by atoms with Crippen LogP contribution in [0.1, 0.15) is 40.3 Å². The Kier molecular flexibility index (Phi) is 7.33. The first kappa shape index (κ1) is 26.7. The van der Waals surface area contributed by atoms with Gasteiger partial charge < -0.3 is 19.5 Å². The summed E-state index contributed by atoms with van der Waals surface area (Å²) in [4.78, 5) is 6.72. The lowest BCUT2D eigenvalue weighted by Gasteiger charge is -2.29. The molecule has 0 aliphatic carbocycles. The average molecular weight is 562 g/mol. The zero-order valence-electron chi connectivity index (χ0n) is 22.3. The molecular formula is C29H31N5O3S2. The molecule has 1 aliphatic rings. The van der Waals surface area contributed by atoms with Crippen LogP contribution in [-0.2, 0) is 16.6 Å². The van der Waals surface area contributed by atoms with Crippen molar-refractivity contribution in [2.45, 2.75) is 32.5 Å². The van der Waals surface area contributed by atoms with Crippen molar-refractivity contribution < 1.29 is 13.2 Å². The number of benzene rings is 2. The van der Waals surface area contributed by atoms with Gasteiger partial charge in [-0.2, -0.15) is 0 Å². The number of aryl methyl sites for hydroxylation is 1. The zero-order chi connectivity index (χ0) is 27.7. The van der Waals surface area contributed by atoms with Crippen LogP contribution >= 0.6 is 12.2 Å². The summed E-state index contributed by atoms with van der Waals surface area (Å²) in [6.45, 7) is 5.02. The minimum Gasteiger partial charge on any atom is -0.494 e. The van der Waals surface area contributed by atoms with Crippen LogP contribution in [0.2, 0.25) is 0 Å². The Hall–Kier alpha value is -3.89. The SMILES string of the molecule is COc1cc(N2C(=S)NC(c3ccccn3)C2c2cc(C)n(Cc3ccccc3)c2C)ccc1NS(C)(=O)=O. The fraction of sp³-hybridized carbons (Fsp3) is 0.241. The Labute approximate surface area is 234 Å². The molecule has 39 heavy (non-hydrogen) atoms. The summed E-state index contributed by atoms with van der Waals surface area (Å²) in [6.07, 6.45) is 2.89. The molecule has 2 unspecified atom stereocenters. The second-order valence-corrected chi connectivity index (χ2v) is 11.8. The maximum absolute atomic E-state index is 11.9. The number of nitrogens with zero attached hydrogens (tertiary/aromatic N) is 3. The van der Waals surface area contributed by atoms with E-state index in [9.17, 15) is 8.42 Å². The van der Waals surface area contributed by atoms with Crippen LogP contribution in [-0.4, -0.2) is 36.4 Å². The molecule has 8 nitrogen and oxygen atoms in total. The molecular weight excluding hydrogens is 530 g/mol. The van der Waals surface area contributed by atoms with Crippen molar-refractivity contribution in [3.05, 3.63) is 107 Å². The molecule has 0 amide bonds. The molecule has 202 valence electrons. The zero-order valence-corrected chi connectivity index (χ0v) is 23.9. The van der Waals surface area contributed by atoms with Gasteiger partial charge in [-0.15, -0.1) is 0 Å². The Morgan fingerprint density at radius 2 is 1.79 bits per heavy atom. The van der Waals surface area contributed by atoms with Crippen LogP contribution in [0.25, 0.3) is 0 Å². The Bertz CT molecular complexity index is 1600. The maximum atomic E-state index is 11.9. The van der Waals surface area contributed by atoms with Crippen molar-refractivity contribution in [1.82, 2.24) is 14.9 Å². The summed E-state index contributed by atoms with van der Waals surface area (Å²) in [5.74, 6) is 0.398. The number of pyridine rings is 1. The van der Waals surface area contributed by atoms with E-state index in [2.05, 4.69) is 68.7 Å². The normalized spacial score (nSPS) is 17.2. The molecule has 5 rings (SSSR count). The van der Waals surface area contributed by atoms with Crippen LogP contribution in [0.4, 0.5) is 11.4 Å². The minimum atomic E-state index is -3.48. The number of sulfonamides is 1. The van der Waals surface area contributed by atoms with Crippen molar-refractivity contribution in [2.75, 3.05) is 23.0 Å². The molecule has 2 N–H and O–H groups in total. The molecule has 1 fully saturated rings. The third kappa shape index (κ3) is 5.48. The van der Waals surface area contributed by atoms with Gasteiger partial charge in [0.1, 0.15) is 5.75 Å². The lowest BCUT2D eigenvalue weighted by molar-refractivity contribution is 0.417. The third-order valence-electron chi connectivity index (χ3n) is 6.97. The Morgan fingerprint density at radius 1 is 1.05 bits per heavy atom. The monoisotopic (exact) mass is 561 g/mol. The summed E-state index contributed by atoms with van der Waals surface area (Å²) >= 11 is 5.89. The van der Waals surface area contributed by atoms with E-state index in [1.807, 2.05) is 30.3 Å². The first-order valence-corrected chi connectivity index (χ1v) is 14.8. The largest absolute Gasteiger partial charge is 0.494 e. The number of methoxy groups -OCH3 is 1. The molecule has 0 bridgehead atoms. The maximum Gasteiger partial charge on any atom is 0.229 e. The highest BCUT2D eigenvalue weighted by Gasteiger charge is 2.42. The highest BCUT2D eigenvalue weighted by molar-refractivity contribution is 7.92. The summed E-state index contributed by atoms with van der Waals surface area (Å²) in [6, 6.07) is 23.4. The highest BCUT2D eigenvalue weighted by Crippen LogP contribution is 2.44. The van der Waals surface area contributed by atoms with Crippen molar-refractivity contribution in [3.8, 4) is 5.75 Å². The van der Waals surface area contributed by atoms with E-state index in [4.69, 9.17) is 17.0 Å². The number of nitrogens with one attached hydrogen (secondary N) is 2. The molecule has 1 saturated heterocycles. The van der Waals surface area contributed by atoms with E-state index in [-0.39, 0.29) is 12.1 Å². The van der Waals surface area contributed by atoms with Gasteiger partial charge in [0.2, 0.25) is 10.0 Å². The van der Waals surface area contributed by atoms with E-state index in [1.165, 1.54) is 12.7 Å². The van der Waals surface area contributed by atoms with Crippen LogP contribution in [0.5, 0.6) is 5.75 Å². The highest BCUT2D eigenvalue weighted by atomic mass is 32.2. The van der Waals surface area contributed by atoms with Crippen molar-refractivity contribution >= 4 is 38.7 Å². The number of ether oxygens (including phenoxy) is 1. The van der Waals surface area contributed by atoms with Crippen LogP contribution in [0.15, 0.2) is 79.0 Å². The van der Waals surface area contributed by atoms with E-state index in [0.717, 1.165) is 41.1 Å². The van der Waals surface area contributed by atoms with E-state index >= 15 is 0 Å². The topological polar surface area (TPSA) is 88.5 Å². The fourth-order valence-corrected chi connectivity index (χ4v) is 6.11. The summed E-state index contributed by atoms with van der Waals surface area (Å²) < 4.78 is 34.2. The molecule has 3 heterocycles. The number of aromatic nitrogens is 2. The fourth-order valence-electron chi connectivity index (χ4n) is 5.20. The second-order valence-electron chi connectivity index (χ2n) is 9.65. The van der Waals surface area contributed by atoms with Crippen molar-refractivity contribution in [3.63, 3.8) is 0 Å². The standard InChI is InChI=1S/C29H31N5O3S2/c1-19-16-23(20(2)33(19)18-21-10-6-5-7-11-21)28-27(25-12-8-9-15-30-25)31-29(38)34(28)22-13-14-24(26(17-22)37-3)32-39(4,35)36/h5-17,27-28,32H,18H2,1-4H3,(H,31,38). The molecule has 0 saturated carbocycles. The lowest BCUT2D eigenvalue weighted by Crippen LogP contribution is -2.29. The van der Waals surface area contributed by atoms with E-state index in [0.29, 0.717) is 16.5 Å². The summed E-state index contributed by atoms with van der Waals surface area (Å²) in [7, 11) is -1.96. The average Bonchev–Trinajstić information content (AvgIpc) is 3.40. The van der Waals surface area contributed by atoms with Gasteiger partial charge in [-0.1, -0.05) is 36.4 Å². The predicted octanol–water partition coefficient (Wildman–Crippen LogP) is 5.11. The van der Waals surface area contributed by atoms with E-state index < -0.39 is 10.0 Å². The number of hydrogen-bond donors (Lipinski definition) is 2. The minimum absolute atomic E-state index is 0.204. The van der Waals surface area contributed by atoms with Crippen LogP contribution in [0, 0.1) is 13.8 Å². The Balaban J connectivity index is 1.62. The molecule has 4 aromatic rings. The quantitative estimate of drug-likeness (QED) is 0.289. The van der Waals surface area contributed by atoms with E-state index in [1.54, 1.807) is 18.3 Å². The molecule has 10 heteroatoms. The van der Waals surface area contributed by atoms with Crippen molar-refractivity contribution in [1.29, 1.82) is 0 Å². The number of rotatable bonds is 8. The van der Waals surface area contributed by atoms with Gasteiger partial charge in [0, 0.05) is 35.9 Å². The lowest BCUT2D eigenvalue weighted by atomic mass is 9.96. The van der Waals surface area contributed by atoms with Gasteiger partial charge in [-0.3, -0.25) is 9.71 Å². The van der Waals surface area contributed by atoms with Gasteiger partial charge in [-0.05, 0) is 67.5 Å². The van der Waals surface area contributed by atoms with Crippen LogP contribution in [0.3, 0.4) is 0 Å². The number of thiocarbonyl (C=S) groups is 1. The first-order chi connectivity index (χ1) is 18.7. The molecule has 2 aromatic carbocycles. The van der Waals surface area contributed by atoms with Gasteiger partial charge in [0.15, 0.2) is 5.11 Å². The predicted molar refractivity (Wildman–Crippen MR) is 159 cm³/mol. The van der Waals surface area contributed by atoms with Crippen molar-refractivity contribution in [2.24, 2.45) is 0 Å². The second kappa shape index (κ2) is 10.7. The first-order valence-electron chi connectivity index (χ1n) is 12.5. The number of hydrogen-bond acceptors (Lipinski definition) is 5. The third-order valence-corrected chi connectivity index (χ3v) is 7.88. The molecule has 0 spiro atoms. The summed E-state index contributed by atoms with van der Waals surface area (Å²) in [5, 5.41) is 4.05. The number of anilines is 2. The van der Waals surface area contributed by atoms with Gasteiger partial charge >= 0.3 is 0 Å². The van der Waals surface area contributed by atoms with Gasteiger partial charge in [-0.25, -0.2) is 8.42 Å². The molecule has 1 aliphatic heterocycles. The Morgan fingerprint density at radius 3 is 2.46 bits per heavy atom. The van der Waals surface area contributed by atoms with Crippen LogP contribution < -0.4 is 19.7 Å².